The van der Waals surface area contributed by atoms with Crippen molar-refractivity contribution in [3.8, 4) is 0 Å². The van der Waals surface area contributed by atoms with Crippen LogP contribution in [0, 0.1) is 6.92 Å². The van der Waals surface area contributed by atoms with Crippen LogP contribution in [0.3, 0.4) is 0 Å². The fourth-order valence-electron chi connectivity index (χ4n) is 4.01. The number of amides is 1. The maximum Gasteiger partial charge on any atom is 0.416 e. The van der Waals surface area contributed by atoms with Gasteiger partial charge < -0.3 is 16.2 Å². The molecule has 1 aromatic carbocycles. The molecular weight excluding hydrogens is 439 g/mol. The Morgan fingerprint density at radius 3 is 2.58 bits per heavy atom. The number of aryl methyl sites for hydroxylation is 1. The average Bonchev–Trinajstić information content (AvgIpc) is 2.76. The molecule has 0 unspecified atom stereocenters. The van der Waals surface area contributed by atoms with E-state index in [1.807, 2.05) is 11.0 Å². The molecule has 1 amide bonds. The molecule has 8 nitrogen and oxygen atoms in total. The maximum absolute atomic E-state index is 13.3. The number of anilines is 2. The number of allylic oxidation sites excluding steroid dienone is 3. The van der Waals surface area contributed by atoms with Crippen molar-refractivity contribution in [1.29, 1.82) is 0 Å². The molecule has 33 heavy (non-hydrogen) atoms. The van der Waals surface area contributed by atoms with E-state index in [9.17, 15) is 27.9 Å². The minimum absolute atomic E-state index is 0.178. The number of nitrogens with zero attached hydrogens (tertiary/aromatic N) is 3. The van der Waals surface area contributed by atoms with Crippen LogP contribution < -0.4 is 16.0 Å². The van der Waals surface area contributed by atoms with Crippen LogP contribution in [0.5, 0.6) is 0 Å². The van der Waals surface area contributed by atoms with Crippen molar-refractivity contribution in [2.75, 3.05) is 10.2 Å². The minimum atomic E-state index is -4.71. The Labute approximate surface area is 186 Å². The number of piperidine rings is 1. The molecule has 0 spiro atoms. The van der Waals surface area contributed by atoms with Gasteiger partial charge >= 0.3 is 12.1 Å². The zero-order valence-electron chi connectivity index (χ0n) is 17.5. The molecule has 3 heterocycles. The van der Waals surface area contributed by atoms with Gasteiger partial charge in [0.1, 0.15) is 0 Å². The fourth-order valence-corrected chi connectivity index (χ4v) is 4.01. The van der Waals surface area contributed by atoms with E-state index in [2.05, 4.69) is 15.5 Å². The third kappa shape index (κ3) is 4.26. The number of carbonyl (C=O) groups excluding carboxylic acids is 1. The molecule has 0 saturated carbocycles. The largest absolute Gasteiger partial charge is 0.478 e. The summed E-state index contributed by atoms with van der Waals surface area (Å²) in [5.41, 5.74) is 6.41. The molecule has 2 aliphatic rings. The summed E-state index contributed by atoms with van der Waals surface area (Å²) in [6, 6.07) is 4.41. The SMILES string of the molecule is Cc1cc(C(=O)O)c(NC(=O)c2ccc(N3C4=CCC(N)=C3CCC4)nn2)cc1C(F)(F)F. The van der Waals surface area contributed by atoms with Gasteiger partial charge in [0.2, 0.25) is 0 Å². The van der Waals surface area contributed by atoms with E-state index in [0.717, 1.165) is 49.3 Å². The number of aromatic carboxylic acids is 1. The molecule has 4 rings (SSSR count). The number of alkyl halides is 3. The highest BCUT2D eigenvalue weighted by Gasteiger charge is 2.34. The second kappa shape index (κ2) is 8.23. The van der Waals surface area contributed by atoms with E-state index in [4.69, 9.17) is 5.73 Å². The third-order valence-corrected chi connectivity index (χ3v) is 5.59. The number of hydrogen-bond acceptors (Lipinski definition) is 6. The number of aromatic nitrogens is 2. The molecule has 172 valence electrons. The number of fused-ring (bicyclic) bond motifs is 2. The van der Waals surface area contributed by atoms with Gasteiger partial charge in [0.15, 0.2) is 11.5 Å². The summed E-state index contributed by atoms with van der Waals surface area (Å²) in [7, 11) is 0. The van der Waals surface area contributed by atoms with Crippen LogP contribution >= 0.6 is 0 Å². The number of rotatable bonds is 4. The number of benzene rings is 1. The van der Waals surface area contributed by atoms with Crippen LogP contribution in [0.2, 0.25) is 0 Å². The van der Waals surface area contributed by atoms with Gasteiger partial charge in [0.25, 0.3) is 5.91 Å². The lowest BCUT2D eigenvalue weighted by Crippen LogP contribution is -2.32. The molecule has 1 fully saturated rings. The van der Waals surface area contributed by atoms with E-state index < -0.39 is 34.9 Å². The number of carbonyl (C=O) groups is 2. The molecular formula is C22H20F3N5O3. The van der Waals surface area contributed by atoms with Crippen molar-refractivity contribution in [3.63, 3.8) is 0 Å². The summed E-state index contributed by atoms with van der Waals surface area (Å²) >= 11 is 0. The number of carboxylic acid groups (broad SMARTS) is 1. The van der Waals surface area contributed by atoms with Crippen molar-refractivity contribution in [2.45, 2.75) is 38.8 Å². The summed E-state index contributed by atoms with van der Waals surface area (Å²) in [5.74, 6) is -1.89. The molecule has 4 N–H and O–H groups in total. The second-order valence-corrected chi connectivity index (χ2v) is 7.81. The van der Waals surface area contributed by atoms with Gasteiger partial charge in [-0.05, 0) is 56.0 Å². The van der Waals surface area contributed by atoms with E-state index in [-0.39, 0.29) is 11.3 Å². The Hall–Kier alpha value is -3.89. The predicted octanol–water partition coefficient (Wildman–Crippen LogP) is 4.20. The molecule has 2 aliphatic heterocycles. The van der Waals surface area contributed by atoms with Crippen molar-refractivity contribution in [3.05, 3.63) is 69.8 Å². The fraction of sp³-hybridized carbons (Fsp3) is 0.273. The maximum atomic E-state index is 13.3. The highest BCUT2D eigenvalue weighted by molar-refractivity contribution is 6.07. The lowest BCUT2D eigenvalue weighted by molar-refractivity contribution is -0.138. The smallest absolute Gasteiger partial charge is 0.416 e. The van der Waals surface area contributed by atoms with E-state index >= 15 is 0 Å². The number of hydrogen-bond donors (Lipinski definition) is 3. The highest BCUT2D eigenvalue weighted by atomic mass is 19.4. The van der Waals surface area contributed by atoms with Gasteiger partial charge in [-0.15, -0.1) is 10.2 Å². The third-order valence-electron chi connectivity index (χ3n) is 5.59. The first-order valence-electron chi connectivity index (χ1n) is 10.1. The van der Waals surface area contributed by atoms with E-state index in [1.165, 1.54) is 6.07 Å². The standard InChI is InChI=1S/C22H20F3N5O3/c1-11-9-13(21(32)33)17(10-14(11)22(23,24)25)27-20(31)16-7-8-19(29-28-16)30-12-3-2-4-18(30)15(26)6-5-12/h5,7-10H,2-4,6,26H2,1H3,(H,27,31)(H,32,33). The Kier molecular flexibility index (Phi) is 5.56. The zero-order chi connectivity index (χ0) is 23.9. The Morgan fingerprint density at radius 1 is 1.18 bits per heavy atom. The zero-order valence-corrected chi connectivity index (χ0v) is 17.5. The summed E-state index contributed by atoms with van der Waals surface area (Å²) in [6.07, 6.45) is 0.586. The first-order valence-corrected chi connectivity index (χ1v) is 10.1. The first-order chi connectivity index (χ1) is 15.6. The van der Waals surface area contributed by atoms with Gasteiger partial charge in [0.05, 0.1) is 16.8 Å². The number of carboxylic acids is 1. The number of nitrogens with two attached hydrogens (primary N) is 1. The quantitative estimate of drug-likeness (QED) is 0.626. The second-order valence-electron chi connectivity index (χ2n) is 7.81. The lowest BCUT2D eigenvalue weighted by atomic mass is 9.96. The Bertz CT molecular complexity index is 1200. The van der Waals surface area contributed by atoms with Gasteiger partial charge in [-0.2, -0.15) is 13.2 Å². The number of halogens is 3. The van der Waals surface area contributed by atoms with Crippen molar-refractivity contribution < 1.29 is 27.9 Å². The van der Waals surface area contributed by atoms with Gasteiger partial charge in [-0.3, -0.25) is 9.69 Å². The Morgan fingerprint density at radius 2 is 1.94 bits per heavy atom. The molecule has 11 heteroatoms. The van der Waals surface area contributed by atoms with Crippen LogP contribution in [0.25, 0.3) is 0 Å². The first kappa shape index (κ1) is 22.3. The topological polar surface area (TPSA) is 121 Å². The van der Waals surface area contributed by atoms with Crippen LogP contribution in [0.15, 0.2) is 47.4 Å². The molecule has 1 saturated heterocycles. The van der Waals surface area contributed by atoms with Crippen molar-refractivity contribution >= 4 is 23.4 Å². The van der Waals surface area contributed by atoms with Crippen molar-refractivity contribution in [1.82, 2.24) is 10.2 Å². The summed E-state index contributed by atoms with van der Waals surface area (Å²) in [5, 5.41) is 19.6. The molecule has 2 bridgehead atoms. The average molecular weight is 459 g/mol. The number of nitrogens with one attached hydrogen (secondary N) is 1. The molecule has 0 radical (unpaired) electrons. The monoisotopic (exact) mass is 459 g/mol. The molecule has 2 aromatic rings. The van der Waals surface area contributed by atoms with Crippen LogP contribution in [-0.4, -0.2) is 27.2 Å². The van der Waals surface area contributed by atoms with Crippen LogP contribution in [-0.2, 0) is 6.18 Å². The van der Waals surface area contributed by atoms with Crippen LogP contribution in [0.1, 0.15) is 57.7 Å². The Balaban J connectivity index is 1.61. The molecule has 0 aliphatic carbocycles. The van der Waals surface area contributed by atoms with Crippen LogP contribution in [0.4, 0.5) is 24.7 Å². The minimum Gasteiger partial charge on any atom is -0.478 e. The van der Waals surface area contributed by atoms with Gasteiger partial charge in [-0.25, -0.2) is 4.79 Å². The summed E-state index contributed by atoms with van der Waals surface area (Å²) in [6.45, 7) is 1.15. The van der Waals surface area contributed by atoms with E-state index in [0.29, 0.717) is 18.3 Å². The van der Waals surface area contributed by atoms with Crippen molar-refractivity contribution in [2.24, 2.45) is 5.73 Å². The normalized spacial score (nSPS) is 15.9. The summed E-state index contributed by atoms with van der Waals surface area (Å²) < 4.78 is 39.8. The molecule has 1 aromatic heterocycles. The molecule has 0 atom stereocenters. The summed E-state index contributed by atoms with van der Waals surface area (Å²) in [4.78, 5) is 26.0. The van der Waals surface area contributed by atoms with Gasteiger partial charge in [0, 0.05) is 23.5 Å². The van der Waals surface area contributed by atoms with Gasteiger partial charge in [-0.1, -0.05) is 6.08 Å². The van der Waals surface area contributed by atoms with E-state index in [1.54, 1.807) is 6.07 Å². The lowest BCUT2D eigenvalue weighted by Gasteiger charge is -2.36. The highest BCUT2D eigenvalue weighted by Crippen LogP contribution is 2.38. The predicted molar refractivity (Wildman–Crippen MR) is 113 cm³/mol.